The Morgan fingerprint density at radius 3 is 2.52 bits per heavy atom. The highest BCUT2D eigenvalue weighted by Gasteiger charge is 2.18. The van der Waals surface area contributed by atoms with Crippen molar-refractivity contribution >= 4 is 27.7 Å². The Bertz CT molecular complexity index is 1050. The first-order valence-corrected chi connectivity index (χ1v) is 11.7. The second kappa shape index (κ2) is 8.19. The van der Waals surface area contributed by atoms with Crippen LogP contribution in [0.3, 0.4) is 0 Å². The van der Waals surface area contributed by atoms with Gasteiger partial charge in [-0.3, -0.25) is 9.20 Å². The van der Waals surface area contributed by atoms with Gasteiger partial charge in [0.25, 0.3) is 5.56 Å². The number of fused-ring (bicyclic) bond motifs is 3. The van der Waals surface area contributed by atoms with E-state index in [9.17, 15) is 4.79 Å². The minimum atomic E-state index is 0.0581. The lowest BCUT2D eigenvalue weighted by Crippen LogP contribution is -2.23. The summed E-state index contributed by atoms with van der Waals surface area (Å²) in [5, 5.41) is 3.43. The molecule has 152 valence electrons. The second-order valence-electron chi connectivity index (χ2n) is 8.18. The van der Waals surface area contributed by atoms with Crippen LogP contribution < -0.4 is 15.8 Å². The van der Waals surface area contributed by atoms with Gasteiger partial charge in [-0.1, -0.05) is 12.8 Å². The first-order chi connectivity index (χ1) is 14.3. The predicted molar refractivity (Wildman–Crippen MR) is 120 cm³/mol. The molecule has 5 rings (SSSR count). The Balaban J connectivity index is 1.29. The lowest BCUT2D eigenvalue weighted by atomic mass is 10.0. The molecule has 0 bridgehead atoms. The molecular weight excluding hydrogens is 380 g/mol. The van der Waals surface area contributed by atoms with E-state index < -0.39 is 0 Å². The molecule has 0 unspecified atom stereocenters. The molecule has 0 saturated carbocycles. The van der Waals surface area contributed by atoms with Gasteiger partial charge in [0.1, 0.15) is 0 Å². The Labute approximate surface area is 175 Å². The quantitative estimate of drug-likeness (QED) is 0.684. The largest absolute Gasteiger partial charge is 0.379 e. The Morgan fingerprint density at radius 2 is 1.72 bits per heavy atom. The summed E-state index contributed by atoms with van der Waals surface area (Å²) < 4.78 is 1.83. The zero-order valence-corrected chi connectivity index (χ0v) is 17.6. The van der Waals surface area contributed by atoms with Gasteiger partial charge in [-0.25, -0.2) is 4.98 Å². The molecule has 2 aromatic heterocycles. The van der Waals surface area contributed by atoms with E-state index in [0.29, 0.717) is 6.54 Å². The van der Waals surface area contributed by atoms with Crippen molar-refractivity contribution in [3.63, 3.8) is 0 Å². The fourth-order valence-electron chi connectivity index (χ4n) is 4.54. The molecule has 6 heteroatoms. The fourth-order valence-corrected chi connectivity index (χ4v) is 5.78. The third-order valence-corrected chi connectivity index (χ3v) is 7.27. The summed E-state index contributed by atoms with van der Waals surface area (Å²) in [4.78, 5) is 22.1. The average Bonchev–Trinajstić information content (AvgIpc) is 2.92. The summed E-state index contributed by atoms with van der Waals surface area (Å²) in [5.74, 6) is 0. The number of rotatable bonds is 4. The number of thiazole rings is 1. The van der Waals surface area contributed by atoms with Gasteiger partial charge < -0.3 is 10.2 Å². The van der Waals surface area contributed by atoms with Gasteiger partial charge in [0.2, 0.25) is 0 Å². The van der Waals surface area contributed by atoms with Crippen LogP contribution in [0.2, 0.25) is 0 Å². The predicted octanol–water partition coefficient (Wildman–Crippen LogP) is 4.63. The van der Waals surface area contributed by atoms with Crippen LogP contribution in [0, 0.1) is 0 Å². The van der Waals surface area contributed by atoms with Gasteiger partial charge >= 0.3 is 0 Å². The molecule has 0 amide bonds. The van der Waals surface area contributed by atoms with E-state index in [4.69, 9.17) is 4.98 Å². The van der Waals surface area contributed by atoms with Crippen LogP contribution in [0.1, 0.15) is 54.8 Å². The number of hydrogen-bond acceptors (Lipinski definition) is 5. The minimum absolute atomic E-state index is 0.0581. The van der Waals surface area contributed by atoms with Gasteiger partial charge in [0.15, 0.2) is 4.96 Å². The molecule has 1 saturated heterocycles. The van der Waals surface area contributed by atoms with Crippen LogP contribution >= 0.6 is 11.3 Å². The highest BCUT2D eigenvalue weighted by atomic mass is 32.1. The standard InChI is InChI=1S/C23H28N4OS/c28-22-15-18(25-23-27(22)20-7-3-4-8-21(20)29-23)16-24-17-9-11-19(12-10-17)26-13-5-1-2-6-14-26/h9-12,15,24H,1-8,13-14,16H2. The van der Waals surface area contributed by atoms with Crippen LogP contribution in [0.25, 0.3) is 4.96 Å². The van der Waals surface area contributed by atoms with Gasteiger partial charge in [0, 0.05) is 41.1 Å². The van der Waals surface area contributed by atoms with E-state index in [-0.39, 0.29) is 5.56 Å². The maximum absolute atomic E-state index is 12.7. The summed E-state index contributed by atoms with van der Waals surface area (Å²) in [6.45, 7) is 2.88. The summed E-state index contributed by atoms with van der Waals surface area (Å²) >= 11 is 1.69. The summed E-state index contributed by atoms with van der Waals surface area (Å²) in [6, 6.07) is 10.4. The van der Waals surface area contributed by atoms with Crippen LogP contribution in [0.15, 0.2) is 35.1 Å². The van der Waals surface area contributed by atoms with Crippen LogP contribution in [0.4, 0.5) is 11.4 Å². The zero-order valence-electron chi connectivity index (χ0n) is 16.8. The van der Waals surface area contributed by atoms with E-state index in [1.165, 1.54) is 54.8 Å². The van der Waals surface area contributed by atoms with E-state index in [1.54, 1.807) is 17.4 Å². The Morgan fingerprint density at radius 1 is 0.966 bits per heavy atom. The molecule has 3 heterocycles. The summed E-state index contributed by atoms with van der Waals surface area (Å²) in [5.41, 5.74) is 4.43. The first-order valence-electron chi connectivity index (χ1n) is 10.9. The number of nitrogens with one attached hydrogen (secondary N) is 1. The second-order valence-corrected chi connectivity index (χ2v) is 9.25. The smallest absolute Gasteiger partial charge is 0.259 e. The fraction of sp³-hybridized carbons (Fsp3) is 0.478. The van der Waals surface area contributed by atoms with Crippen LogP contribution in [-0.4, -0.2) is 22.5 Å². The lowest BCUT2D eigenvalue weighted by molar-refractivity contribution is 0.670. The molecular formula is C23H28N4OS. The number of aryl methyl sites for hydroxylation is 2. The number of hydrogen-bond donors (Lipinski definition) is 1. The van der Waals surface area contributed by atoms with E-state index in [0.717, 1.165) is 42.3 Å². The normalized spacial score (nSPS) is 17.2. The number of aromatic nitrogens is 2. The average molecular weight is 409 g/mol. The SMILES string of the molecule is O=c1cc(CNc2ccc(N3CCCCCC3)cc2)nc2sc3c(n12)CCCC3. The van der Waals surface area contributed by atoms with Gasteiger partial charge in [-0.2, -0.15) is 0 Å². The molecule has 1 fully saturated rings. The monoisotopic (exact) mass is 408 g/mol. The minimum Gasteiger partial charge on any atom is -0.379 e. The molecule has 1 aliphatic carbocycles. The molecule has 0 spiro atoms. The van der Waals surface area contributed by atoms with Crippen molar-refractivity contribution in [3.8, 4) is 0 Å². The van der Waals surface area contributed by atoms with Gasteiger partial charge in [-0.15, -0.1) is 11.3 Å². The molecule has 5 nitrogen and oxygen atoms in total. The molecule has 0 radical (unpaired) electrons. The molecule has 3 aromatic rings. The molecule has 1 aliphatic heterocycles. The van der Waals surface area contributed by atoms with Gasteiger partial charge in [-0.05, 0) is 62.8 Å². The molecule has 1 aromatic carbocycles. The lowest BCUT2D eigenvalue weighted by Gasteiger charge is -2.22. The van der Waals surface area contributed by atoms with Crippen molar-refractivity contribution in [1.82, 2.24) is 9.38 Å². The van der Waals surface area contributed by atoms with Gasteiger partial charge in [0.05, 0.1) is 12.2 Å². The van der Waals surface area contributed by atoms with Crippen molar-refractivity contribution in [2.45, 2.75) is 57.9 Å². The maximum Gasteiger partial charge on any atom is 0.259 e. The van der Waals surface area contributed by atoms with Crippen LogP contribution in [-0.2, 0) is 19.4 Å². The third-order valence-electron chi connectivity index (χ3n) is 6.13. The first kappa shape index (κ1) is 18.7. The number of nitrogens with zero attached hydrogens (tertiary/aromatic N) is 3. The maximum atomic E-state index is 12.7. The van der Waals surface area contributed by atoms with E-state index in [2.05, 4.69) is 34.5 Å². The van der Waals surface area contributed by atoms with Crippen molar-refractivity contribution in [2.24, 2.45) is 0 Å². The molecule has 0 atom stereocenters. The Hall–Kier alpha value is -2.34. The molecule has 2 aliphatic rings. The highest BCUT2D eigenvalue weighted by Crippen LogP contribution is 2.28. The molecule has 1 N–H and O–H groups in total. The number of anilines is 2. The molecule has 29 heavy (non-hydrogen) atoms. The zero-order chi connectivity index (χ0) is 19.6. The summed E-state index contributed by atoms with van der Waals surface area (Å²) in [6.07, 6.45) is 9.74. The van der Waals surface area contributed by atoms with Crippen molar-refractivity contribution in [2.75, 3.05) is 23.3 Å². The topological polar surface area (TPSA) is 49.6 Å². The Kier molecular flexibility index (Phi) is 5.27. The number of benzene rings is 1. The van der Waals surface area contributed by atoms with Crippen molar-refractivity contribution < 1.29 is 0 Å². The highest BCUT2D eigenvalue weighted by molar-refractivity contribution is 7.17. The van der Waals surface area contributed by atoms with E-state index >= 15 is 0 Å². The van der Waals surface area contributed by atoms with Crippen LogP contribution in [0.5, 0.6) is 0 Å². The van der Waals surface area contributed by atoms with Crippen molar-refractivity contribution in [3.05, 3.63) is 57.0 Å². The third kappa shape index (κ3) is 3.90. The summed E-state index contributed by atoms with van der Waals surface area (Å²) in [7, 11) is 0. The van der Waals surface area contributed by atoms with Crippen molar-refractivity contribution in [1.29, 1.82) is 0 Å². The van der Waals surface area contributed by atoms with E-state index in [1.807, 2.05) is 4.40 Å².